The topological polar surface area (TPSA) is 80.1 Å². The van der Waals surface area contributed by atoms with Crippen molar-refractivity contribution in [1.29, 1.82) is 0 Å². The third-order valence-corrected chi connectivity index (χ3v) is 5.02. The molecule has 1 unspecified atom stereocenters. The number of aryl methyl sites for hydroxylation is 1. The highest BCUT2D eigenvalue weighted by Crippen LogP contribution is 2.24. The van der Waals surface area contributed by atoms with Gasteiger partial charge in [0.05, 0.1) is 5.92 Å². The molecule has 7 nitrogen and oxygen atoms in total. The molecule has 2 heterocycles. The van der Waals surface area contributed by atoms with E-state index in [1.54, 1.807) is 0 Å². The maximum absolute atomic E-state index is 12.4. The molecule has 1 aromatic rings. The second kappa shape index (κ2) is 9.62. The Labute approximate surface area is 166 Å². The summed E-state index contributed by atoms with van der Waals surface area (Å²) in [5.74, 6) is -0.461. The van der Waals surface area contributed by atoms with Crippen molar-refractivity contribution in [1.82, 2.24) is 25.0 Å². The van der Waals surface area contributed by atoms with Crippen LogP contribution in [0, 0.1) is 11.8 Å². The van der Waals surface area contributed by atoms with E-state index >= 15 is 0 Å². The Morgan fingerprint density at radius 2 is 2.07 bits per heavy atom. The van der Waals surface area contributed by atoms with Gasteiger partial charge >= 0.3 is 6.18 Å². The number of nitrogens with zero attached hydrogens (tertiary/aromatic N) is 4. The molecule has 0 aliphatic carbocycles. The molecule has 1 aliphatic rings. The lowest BCUT2D eigenvalue weighted by atomic mass is 10.1. The van der Waals surface area contributed by atoms with Gasteiger partial charge in [-0.3, -0.25) is 9.59 Å². The number of halogens is 3. The molecule has 2 rings (SSSR count). The minimum Gasteiger partial charge on any atom is -0.356 e. The number of aromatic nitrogens is 3. The Hall–Kier alpha value is -1.78. The maximum atomic E-state index is 12.4. The number of alkyl halides is 3. The Morgan fingerprint density at radius 3 is 2.68 bits per heavy atom. The van der Waals surface area contributed by atoms with Gasteiger partial charge in [0, 0.05) is 32.5 Å². The molecule has 0 bridgehead atoms. The van der Waals surface area contributed by atoms with Gasteiger partial charge in [0.2, 0.25) is 11.8 Å². The van der Waals surface area contributed by atoms with Gasteiger partial charge < -0.3 is 14.8 Å². The summed E-state index contributed by atoms with van der Waals surface area (Å²) in [6, 6.07) is 0. The van der Waals surface area contributed by atoms with Crippen LogP contribution < -0.4 is 5.32 Å². The van der Waals surface area contributed by atoms with Crippen molar-refractivity contribution in [2.45, 2.75) is 51.0 Å². The van der Waals surface area contributed by atoms with Gasteiger partial charge in [-0.15, -0.1) is 10.2 Å². The molecule has 28 heavy (non-hydrogen) atoms. The van der Waals surface area contributed by atoms with Crippen LogP contribution in [0.15, 0.2) is 5.16 Å². The molecule has 11 heteroatoms. The van der Waals surface area contributed by atoms with Crippen molar-refractivity contribution in [3.63, 3.8) is 0 Å². The quantitative estimate of drug-likeness (QED) is 0.488. The highest BCUT2D eigenvalue weighted by molar-refractivity contribution is 7.98. The highest BCUT2D eigenvalue weighted by Gasteiger charge is 2.40. The normalized spacial score (nSPS) is 17.6. The van der Waals surface area contributed by atoms with Gasteiger partial charge in [-0.25, -0.2) is 0 Å². The summed E-state index contributed by atoms with van der Waals surface area (Å²) >= 11 is 1.53. The van der Waals surface area contributed by atoms with Gasteiger partial charge in [-0.1, -0.05) is 25.6 Å². The van der Waals surface area contributed by atoms with Crippen LogP contribution in [-0.2, 0) is 22.6 Å². The Bertz CT molecular complexity index is 693. The number of hydrogen-bond donors (Lipinski definition) is 1. The second-order valence-electron chi connectivity index (χ2n) is 7.29. The van der Waals surface area contributed by atoms with Crippen molar-refractivity contribution < 1.29 is 22.8 Å². The summed E-state index contributed by atoms with van der Waals surface area (Å²) in [6.45, 7) is 3.90. The molecule has 1 N–H and O–H groups in total. The fraction of sp³-hybridized carbons (Fsp3) is 0.765. The summed E-state index contributed by atoms with van der Waals surface area (Å²) < 4.78 is 39.4. The zero-order valence-electron chi connectivity index (χ0n) is 16.3. The van der Waals surface area contributed by atoms with Crippen molar-refractivity contribution in [3.8, 4) is 0 Å². The lowest BCUT2D eigenvalue weighted by molar-refractivity contribution is -0.157. The zero-order valence-corrected chi connectivity index (χ0v) is 17.1. The fourth-order valence-corrected chi connectivity index (χ4v) is 3.65. The Kier molecular flexibility index (Phi) is 7.73. The van der Waals surface area contributed by atoms with E-state index < -0.39 is 24.5 Å². The van der Waals surface area contributed by atoms with Gasteiger partial charge in [0.15, 0.2) is 5.16 Å². The minimum atomic E-state index is -4.46. The third-order valence-electron chi connectivity index (χ3n) is 4.36. The number of amides is 2. The average molecular weight is 421 g/mol. The predicted molar refractivity (Wildman–Crippen MR) is 98.7 cm³/mol. The largest absolute Gasteiger partial charge is 0.406 e. The first-order valence-corrected chi connectivity index (χ1v) is 10.4. The smallest absolute Gasteiger partial charge is 0.356 e. The number of likely N-dealkylation sites (tertiary alicyclic amines) is 1. The number of hydrogen-bond acceptors (Lipinski definition) is 5. The summed E-state index contributed by atoms with van der Waals surface area (Å²) in [5, 5.41) is 11.9. The highest BCUT2D eigenvalue weighted by atomic mass is 32.2. The van der Waals surface area contributed by atoms with Crippen LogP contribution >= 0.6 is 11.8 Å². The summed E-state index contributed by atoms with van der Waals surface area (Å²) in [7, 11) is 0. The van der Waals surface area contributed by atoms with Gasteiger partial charge in [0.1, 0.15) is 12.4 Å². The number of carbonyl (C=O) groups is 2. The van der Waals surface area contributed by atoms with E-state index in [2.05, 4.69) is 33.9 Å². The van der Waals surface area contributed by atoms with E-state index in [0.29, 0.717) is 30.2 Å². The lowest BCUT2D eigenvalue weighted by Crippen LogP contribution is -2.37. The molecule has 1 saturated heterocycles. The van der Waals surface area contributed by atoms with Crippen LogP contribution in [0.2, 0.25) is 0 Å². The van der Waals surface area contributed by atoms with E-state index in [-0.39, 0.29) is 18.9 Å². The molecule has 0 aromatic carbocycles. The molecule has 158 valence electrons. The molecule has 2 amide bonds. The van der Waals surface area contributed by atoms with Crippen LogP contribution in [-0.4, -0.2) is 63.5 Å². The van der Waals surface area contributed by atoms with Crippen molar-refractivity contribution in [3.05, 3.63) is 5.82 Å². The average Bonchev–Trinajstić information content (AvgIpc) is 3.13. The van der Waals surface area contributed by atoms with E-state index in [1.165, 1.54) is 11.8 Å². The SMILES string of the molecule is CSc1nnc(CCCNC(=O)C2CC(=O)N(CC(F)(F)F)C2)n1CC(C)C. The molecule has 0 spiro atoms. The van der Waals surface area contributed by atoms with Gasteiger partial charge in [-0.2, -0.15) is 13.2 Å². The number of rotatable bonds is 9. The Balaban J connectivity index is 1.79. The van der Waals surface area contributed by atoms with Crippen molar-refractivity contribution in [2.24, 2.45) is 11.8 Å². The third kappa shape index (κ3) is 6.39. The van der Waals surface area contributed by atoms with Crippen LogP contribution in [0.5, 0.6) is 0 Å². The monoisotopic (exact) mass is 421 g/mol. The molecule has 1 aliphatic heterocycles. The first kappa shape index (κ1) is 22.5. The van der Waals surface area contributed by atoms with E-state index in [1.807, 2.05) is 6.26 Å². The summed E-state index contributed by atoms with van der Waals surface area (Å²) in [6.07, 6.45) is -1.44. The van der Waals surface area contributed by atoms with Crippen LogP contribution in [0.25, 0.3) is 0 Å². The molecule has 0 radical (unpaired) electrons. The fourth-order valence-electron chi connectivity index (χ4n) is 3.12. The summed E-state index contributed by atoms with van der Waals surface area (Å²) in [5.41, 5.74) is 0. The summed E-state index contributed by atoms with van der Waals surface area (Å²) in [4.78, 5) is 24.5. The molecule has 1 fully saturated rings. The first-order chi connectivity index (χ1) is 13.1. The first-order valence-electron chi connectivity index (χ1n) is 9.19. The predicted octanol–water partition coefficient (Wildman–Crippen LogP) is 2.12. The lowest BCUT2D eigenvalue weighted by Gasteiger charge is -2.18. The van der Waals surface area contributed by atoms with E-state index in [9.17, 15) is 22.8 Å². The number of nitrogens with one attached hydrogen (secondary N) is 1. The van der Waals surface area contributed by atoms with Crippen molar-refractivity contribution in [2.75, 3.05) is 25.9 Å². The molecular formula is C17H26F3N5O2S. The maximum Gasteiger partial charge on any atom is 0.406 e. The van der Waals surface area contributed by atoms with Crippen LogP contribution in [0.4, 0.5) is 13.2 Å². The zero-order chi connectivity index (χ0) is 20.9. The Morgan fingerprint density at radius 1 is 1.36 bits per heavy atom. The van der Waals surface area contributed by atoms with Gasteiger partial charge in [0.25, 0.3) is 0 Å². The van der Waals surface area contributed by atoms with E-state index in [0.717, 1.165) is 17.5 Å². The van der Waals surface area contributed by atoms with Crippen LogP contribution in [0.3, 0.4) is 0 Å². The standard InChI is InChI=1S/C17H26F3N5O2S/c1-11(2)8-25-13(22-23-16(25)28-3)5-4-6-21-15(27)12-7-14(26)24(9-12)10-17(18,19)20/h11-12H,4-10H2,1-3H3,(H,21,27). The van der Waals surface area contributed by atoms with Crippen LogP contribution in [0.1, 0.15) is 32.5 Å². The molecular weight excluding hydrogens is 395 g/mol. The number of carbonyl (C=O) groups excluding carboxylic acids is 2. The second-order valence-corrected chi connectivity index (χ2v) is 8.07. The molecule has 0 saturated carbocycles. The molecule has 1 atom stereocenters. The minimum absolute atomic E-state index is 0.179. The van der Waals surface area contributed by atoms with Crippen molar-refractivity contribution >= 4 is 23.6 Å². The van der Waals surface area contributed by atoms with Gasteiger partial charge in [-0.05, 0) is 18.6 Å². The number of thioether (sulfide) groups is 1. The van der Waals surface area contributed by atoms with E-state index in [4.69, 9.17) is 0 Å². The molecule has 1 aromatic heterocycles.